The fourth-order valence-electron chi connectivity index (χ4n) is 1.51. The van der Waals surface area contributed by atoms with E-state index in [1.807, 2.05) is 6.92 Å². The van der Waals surface area contributed by atoms with Gasteiger partial charge in [-0.3, -0.25) is 0 Å². The summed E-state index contributed by atoms with van der Waals surface area (Å²) in [4.78, 5) is 0.0321. The van der Waals surface area contributed by atoms with E-state index in [0.29, 0.717) is 3.57 Å². The second kappa shape index (κ2) is 6.55. The molecule has 0 radical (unpaired) electrons. The Bertz CT molecular complexity index is 738. The molecular weight excluding hydrogens is 432 g/mol. The monoisotopic (exact) mass is 443 g/mol. The summed E-state index contributed by atoms with van der Waals surface area (Å²) in [6.07, 6.45) is -4.41. The third-order valence-corrected chi connectivity index (χ3v) is 6.95. The first kappa shape index (κ1) is 17.2. The summed E-state index contributed by atoms with van der Waals surface area (Å²) in [6.45, 7) is 1.83. The van der Waals surface area contributed by atoms with Crippen molar-refractivity contribution in [2.45, 2.75) is 18.0 Å². The van der Waals surface area contributed by atoms with Gasteiger partial charge in [-0.25, -0.2) is 0 Å². The number of benzene rings is 2. The van der Waals surface area contributed by atoms with Gasteiger partial charge in [0.1, 0.15) is 0 Å². The molecule has 0 aliphatic rings. The molecule has 0 atom stereocenters. The van der Waals surface area contributed by atoms with E-state index in [0.717, 1.165) is 17.7 Å². The summed E-state index contributed by atoms with van der Waals surface area (Å²) in [7, 11) is -3.89. The van der Waals surface area contributed by atoms with E-state index in [9.17, 15) is 21.6 Å². The summed E-state index contributed by atoms with van der Waals surface area (Å²) in [5.41, 5.74) is 0.137. The Balaban J connectivity index is 2.07. The average Bonchev–Trinajstić information content (AvgIpc) is 2.45. The van der Waals surface area contributed by atoms with Gasteiger partial charge in [0.25, 0.3) is 0 Å². The van der Waals surface area contributed by atoms with Gasteiger partial charge in [0.2, 0.25) is 0 Å². The fraction of sp³-hybridized carbons (Fsp3) is 0.143. The molecule has 0 bridgehead atoms. The SMILES string of the molecule is Cc1ccc(S(=O)(=O)O[I-]c2ccc(C(F)(F)F)cc2)cc1. The Morgan fingerprint density at radius 3 is 2.00 bits per heavy atom. The molecule has 0 N–H and O–H groups in total. The molecule has 0 aromatic heterocycles. The van der Waals surface area contributed by atoms with Gasteiger partial charge in [-0.05, 0) is 0 Å². The first-order chi connectivity index (χ1) is 10.2. The van der Waals surface area contributed by atoms with Crippen LogP contribution in [0.3, 0.4) is 0 Å². The number of halogens is 4. The molecule has 0 spiro atoms. The summed E-state index contributed by atoms with van der Waals surface area (Å²) in [5, 5.41) is 0. The molecule has 0 fully saturated rings. The van der Waals surface area contributed by atoms with Crippen LogP contribution in [0.2, 0.25) is 0 Å². The van der Waals surface area contributed by atoms with Crippen molar-refractivity contribution < 1.29 is 45.7 Å². The number of aryl methyl sites for hydroxylation is 1. The van der Waals surface area contributed by atoms with E-state index in [2.05, 4.69) is 0 Å². The van der Waals surface area contributed by atoms with Gasteiger partial charge >= 0.3 is 137 Å². The Morgan fingerprint density at radius 2 is 1.50 bits per heavy atom. The van der Waals surface area contributed by atoms with Crippen molar-refractivity contribution >= 4 is 10.1 Å². The molecule has 0 saturated heterocycles. The predicted molar refractivity (Wildman–Crippen MR) is 69.6 cm³/mol. The first-order valence-electron chi connectivity index (χ1n) is 6.01. The Kier molecular flexibility index (Phi) is 5.13. The van der Waals surface area contributed by atoms with Crippen LogP contribution < -0.4 is 21.6 Å². The molecule has 8 heteroatoms. The molecule has 0 heterocycles. The first-order valence-corrected chi connectivity index (χ1v) is 9.37. The Hall–Kier alpha value is -1.13. The molecule has 0 amide bonds. The molecule has 0 saturated carbocycles. The summed E-state index contributed by atoms with van der Waals surface area (Å²) >= 11 is -1.40. The van der Waals surface area contributed by atoms with Gasteiger partial charge < -0.3 is 0 Å². The average molecular weight is 443 g/mol. The number of hydrogen-bond acceptors (Lipinski definition) is 3. The third kappa shape index (κ3) is 4.43. The zero-order chi connectivity index (χ0) is 16.4. The van der Waals surface area contributed by atoms with Gasteiger partial charge in [0, 0.05) is 0 Å². The van der Waals surface area contributed by atoms with Gasteiger partial charge in [-0.2, -0.15) is 0 Å². The second-order valence-corrected chi connectivity index (χ2v) is 8.68. The maximum absolute atomic E-state index is 12.4. The minimum atomic E-state index is -4.41. The van der Waals surface area contributed by atoms with Crippen molar-refractivity contribution in [1.82, 2.24) is 0 Å². The van der Waals surface area contributed by atoms with Gasteiger partial charge in [-0.1, -0.05) is 0 Å². The zero-order valence-electron chi connectivity index (χ0n) is 11.3. The van der Waals surface area contributed by atoms with Crippen LogP contribution in [0.5, 0.6) is 0 Å². The molecular formula is C14H11F3IO3S-. The van der Waals surface area contributed by atoms with Crippen molar-refractivity contribution in [2.24, 2.45) is 0 Å². The van der Waals surface area contributed by atoms with Crippen LogP contribution in [-0.4, -0.2) is 8.42 Å². The van der Waals surface area contributed by atoms with E-state index in [-0.39, 0.29) is 4.90 Å². The van der Waals surface area contributed by atoms with Gasteiger partial charge in [0.15, 0.2) is 0 Å². The van der Waals surface area contributed by atoms with Crippen LogP contribution in [0.4, 0.5) is 13.2 Å². The molecule has 0 unspecified atom stereocenters. The van der Waals surface area contributed by atoms with E-state index >= 15 is 0 Å². The molecule has 0 aliphatic heterocycles. The van der Waals surface area contributed by atoms with Gasteiger partial charge in [-0.15, -0.1) is 0 Å². The third-order valence-electron chi connectivity index (χ3n) is 2.68. The number of rotatable bonds is 4. The van der Waals surface area contributed by atoms with Crippen LogP contribution in [0, 0.1) is 10.5 Å². The molecule has 0 aliphatic carbocycles. The topological polar surface area (TPSA) is 43.4 Å². The maximum atomic E-state index is 12.4. The molecule has 2 rings (SSSR count). The Labute approximate surface area is 137 Å². The normalized spacial score (nSPS) is 12.5. The predicted octanol–water partition coefficient (Wildman–Crippen LogP) is 0.593. The van der Waals surface area contributed by atoms with Crippen LogP contribution >= 0.6 is 0 Å². The van der Waals surface area contributed by atoms with E-state index < -0.39 is 43.5 Å². The van der Waals surface area contributed by atoms with Crippen molar-refractivity contribution in [2.75, 3.05) is 0 Å². The van der Waals surface area contributed by atoms with Crippen LogP contribution in [0.15, 0.2) is 53.4 Å². The summed E-state index contributed by atoms with van der Waals surface area (Å²) in [5.74, 6) is 0. The standard InChI is InChI=1S/C14H11F3IO3S/c1-10-2-8-13(9-3-10)22(19,20)21-18-12-6-4-11(5-7-12)14(15,16)17/h2-9H,1H3/q-1. The van der Waals surface area contributed by atoms with Crippen LogP contribution in [0.25, 0.3) is 0 Å². The van der Waals surface area contributed by atoms with Crippen molar-refractivity contribution in [3.05, 3.63) is 63.2 Å². The number of hydrogen-bond donors (Lipinski definition) is 0. The van der Waals surface area contributed by atoms with E-state index in [4.69, 9.17) is 2.51 Å². The molecule has 22 heavy (non-hydrogen) atoms. The van der Waals surface area contributed by atoms with Gasteiger partial charge in [0.05, 0.1) is 0 Å². The minimum absolute atomic E-state index is 0.0321. The zero-order valence-corrected chi connectivity index (χ0v) is 14.2. The molecule has 2 aromatic carbocycles. The summed E-state index contributed by atoms with van der Waals surface area (Å²) < 4.78 is 66.6. The Morgan fingerprint density at radius 1 is 0.955 bits per heavy atom. The van der Waals surface area contributed by atoms with E-state index in [1.165, 1.54) is 24.3 Å². The summed E-state index contributed by atoms with van der Waals surface area (Å²) in [6, 6.07) is 10.5. The van der Waals surface area contributed by atoms with E-state index in [1.54, 1.807) is 12.1 Å². The quantitative estimate of drug-likeness (QED) is 0.651. The van der Waals surface area contributed by atoms with Crippen molar-refractivity contribution in [3.8, 4) is 0 Å². The molecule has 3 nitrogen and oxygen atoms in total. The van der Waals surface area contributed by atoms with Crippen LogP contribution in [0.1, 0.15) is 11.1 Å². The number of alkyl halides is 3. The molecule has 2 aromatic rings. The fourth-order valence-corrected chi connectivity index (χ4v) is 4.82. The van der Waals surface area contributed by atoms with Crippen molar-refractivity contribution in [1.29, 1.82) is 0 Å². The van der Waals surface area contributed by atoms with Crippen LogP contribution in [-0.2, 0) is 18.8 Å². The molecule has 120 valence electrons. The van der Waals surface area contributed by atoms with Crippen molar-refractivity contribution in [3.63, 3.8) is 0 Å². The second-order valence-electron chi connectivity index (χ2n) is 4.41.